The quantitative estimate of drug-likeness (QED) is 0.796. The first-order valence-electron chi connectivity index (χ1n) is 7.33. The predicted octanol–water partition coefficient (Wildman–Crippen LogP) is 3.71. The summed E-state index contributed by atoms with van der Waals surface area (Å²) in [6.45, 7) is 2.22. The largest absolute Gasteiger partial charge is 0.349 e. The number of amides is 1. The maximum absolute atomic E-state index is 13.6. The zero-order chi connectivity index (χ0) is 17.5. The average molecular weight is 330 g/mol. The number of hydrogen-bond acceptors (Lipinski definition) is 3. The molecule has 1 N–H and O–H groups in total. The minimum Gasteiger partial charge on any atom is -0.349 e. The maximum Gasteiger partial charge on any atom is 0.286 e. The molecule has 3 rings (SSSR count). The molecule has 0 unspecified atom stereocenters. The van der Waals surface area contributed by atoms with Gasteiger partial charge in [-0.15, -0.1) is 0 Å². The molecule has 3 heterocycles. The molecule has 0 radical (unpaired) electrons. The maximum atomic E-state index is 13.6. The fourth-order valence-electron chi connectivity index (χ4n) is 2.59. The number of hydrogen-bond donors (Lipinski definition) is 1. The molecular weight excluding hydrogens is 314 g/mol. The van der Waals surface area contributed by atoms with Crippen LogP contribution in [-0.2, 0) is 17.8 Å². The minimum atomic E-state index is -3.01. The Balaban J connectivity index is 2.17. The Morgan fingerprint density at radius 1 is 1.29 bits per heavy atom. The zero-order valence-corrected chi connectivity index (χ0v) is 13.5. The van der Waals surface area contributed by atoms with Crippen LogP contribution < -0.4 is 5.32 Å². The van der Waals surface area contributed by atoms with Gasteiger partial charge in [-0.2, -0.15) is 8.78 Å². The van der Waals surface area contributed by atoms with E-state index in [1.807, 2.05) is 17.8 Å². The van der Waals surface area contributed by atoms with Crippen LogP contribution in [0.15, 0.2) is 36.8 Å². The van der Waals surface area contributed by atoms with Gasteiger partial charge in [0, 0.05) is 44.2 Å². The molecule has 0 saturated heterocycles. The van der Waals surface area contributed by atoms with Gasteiger partial charge in [0.15, 0.2) is 0 Å². The number of alkyl halides is 2. The normalized spacial score (nSPS) is 11.7. The van der Waals surface area contributed by atoms with Gasteiger partial charge in [0.2, 0.25) is 5.91 Å². The van der Waals surface area contributed by atoms with E-state index in [1.54, 1.807) is 18.3 Å². The lowest BCUT2D eigenvalue weighted by Gasteiger charge is -2.10. The second-order valence-electron chi connectivity index (χ2n) is 5.74. The highest BCUT2D eigenvalue weighted by Crippen LogP contribution is 2.33. The summed E-state index contributed by atoms with van der Waals surface area (Å²) in [5.74, 6) is -2.82. The summed E-state index contributed by atoms with van der Waals surface area (Å²) < 4.78 is 29.0. The molecule has 0 atom stereocenters. The number of fused-ring (bicyclic) bond motifs is 1. The molecule has 3 aromatic heterocycles. The minimum absolute atomic E-state index is 0.226. The first-order chi connectivity index (χ1) is 11.3. The molecule has 5 nitrogen and oxygen atoms in total. The standard InChI is InChI=1S/C17H16F2N4O/c1-10(24)22-16-7-12-13(9-23(3)14(12)8-21-16)11-4-5-20-15(6-11)17(2,18)19/h4-9H,1-3H3,(H,21,22,24). The molecule has 0 aliphatic rings. The Hall–Kier alpha value is -2.83. The van der Waals surface area contributed by atoms with Crippen molar-refractivity contribution in [2.45, 2.75) is 19.8 Å². The fraction of sp³-hybridized carbons (Fsp3) is 0.235. The van der Waals surface area contributed by atoms with Gasteiger partial charge in [0.25, 0.3) is 5.92 Å². The van der Waals surface area contributed by atoms with Crippen molar-refractivity contribution in [3.63, 3.8) is 0 Å². The van der Waals surface area contributed by atoms with Crippen molar-refractivity contribution in [1.82, 2.24) is 14.5 Å². The van der Waals surface area contributed by atoms with Crippen LogP contribution >= 0.6 is 0 Å². The molecule has 0 aromatic carbocycles. The van der Waals surface area contributed by atoms with E-state index < -0.39 is 5.92 Å². The molecule has 3 aromatic rings. The number of carbonyl (C=O) groups is 1. The zero-order valence-electron chi connectivity index (χ0n) is 13.5. The van der Waals surface area contributed by atoms with Crippen molar-refractivity contribution >= 4 is 22.6 Å². The second kappa shape index (κ2) is 5.67. The molecule has 0 aliphatic carbocycles. The number of halogens is 2. The number of nitrogens with one attached hydrogen (secondary N) is 1. The summed E-state index contributed by atoms with van der Waals surface area (Å²) in [6, 6.07) is 4.80. The van der Waals surface area contributed by atoms with Gasteiger partial charge >= 0.3 is 0 Å². The lowest BCUT2D eigenvalue weighted by Crippen LogP contribution is -2.09. The van der Waals surface area contributed by atoms with Crippen LogP contribution in [0.1, 0.15) is 19.5 Å². The number of aryl methyl sites for hydroxylation is 1. The molecule has 7 heteroatoms. The first kappa shape index (κ1) is 16.0. The van der Waals surface area contributed by atoms with E-state index in [4.69, 9.17) is 0 Å². The molecule has 0 fully saturated rings. The Labute approximate surface area is 137 Å². The number of aromatic nitrogens is 3. The Morgan fingerprint density at radius 3 is 2.71 bits per heavy atom. The lowest BCUT2D eigenvalue weighted by atomic mass is 10.0. The van der Waals surface area contributed by atoms with Crippen LogP contribution in [0, 0.1) is 0 Å². The highest BCUT2D eigenvalue weighted by Gasteiger charge is 2.26. The monoisotopic (exact) mass is 330 g/mol. The van der Waals surface area contributed by atoms with Gasteiger partial charge in [-0.25, -0.2) is 4.98 Å². The van der Waals surface area contributed by atoms with Crippen LogP contribution in [0.3, 0.4) is 0 Å². The van der Waals surface area contributed by atoms with Gasteiger partial charge in [-0.1, -0.05) is 0 Å². The van der Waals surface area contributed by atoms with E-state index in [0.717, 1.165) is 23.4 Å². The number of rotatable bonds is 3. The predicted molar refractivity (Wildman–Crippen MR) is 87.8 cm³/mol. The first-order valence-corrected chi connectivity index (χ1v) is 7.33. The molecule has 1 amide bonds. The number of nitrogens with zero attached hydrogens (tertiary/aromatic N) is 3. The summed E-state index contributed by atoms with van der Waals surface area (Å²) in [6.07, 6.45) is 4.86. The molecule has 124 valence electrons. The van der Waals surface area contributed by atoms with E-state index in [0.29, 0.717) is 11.4 Å². The van der Waals surface area contributed by atoms with Crippen LogP contribution in [-0.4, -0.2) is 20.4 Å². The van der Waals surface area contributed by atoms with Crippen molar-refractivity contribution in [3.05, 3.63) is 42.5 Å². The van der Waals surface area contributed by atoms with Crippen molar-refractivity contribution in [1.29, 1.82) is 0 Å². The van der Waals surface area contributed by atoms with E-state index in [1.165, 1.54) is 19.2 Å². The van der Waals surface area contributed by atoms with E-state index >= 15 is 0 Å². The van der Waals surface area contributed by atoms with Gasteiger partial charge < -0.3 is 9.88 Å². The van der Waals surface area contributed by atoms with Gasteiger partial charge in [0.1, 0.15) is 11.5 Å². The molecule has 0 bridgehead atoms. The molecule has 0 aliphatic heterocycles. The van der Waals surface area contributed by atoms with Gasteiger partial charge in [-0.3, -0.25) is 9.78 Å². The van der Waals surface area contributed by atoms with E-state index in [9.17, 15) is 13.6 Å². The third kappa shape index (κ3) is 2.97. The Kier molecular flexibility index (Phi) is 3.79. The number of pyridine rings is 2. The molecule has 0 spiro atoms. The lowest BCUT2D eigenvalue weighted by molar-refractivity contribution is -0.114. The van der Waals surface area contributed by atoms with Crippen molar-refractivity contribution in [2.75, 3.05) is 5.32 Å². The van der Waals surface area contributed by atoms with Gasteiger partial charge in [0.05, 0.1) is 11.7 Å². The number of anilines is 1. The second-order valence-corrected chi connectivity index (χ2v) is 5.74. The molecular formula is C17H16F2N4O. The SMILES string of the molecule is CC(=O)Nc1cc2c(-c3ccnc(C(C)(F)F)c3)cn(C)c2cn1. The van der Waals surface area contributed by atoms with E-state index in [-0.39, 0.29) is 11.6 Å². The topological polar surface area (TPSA) is 59.8 Å². The molecule has 0 saturated carbocycles. The summed E-state index contributed by atoms with van der Waals surface area (Å²) in [5.41, 5.74) is 1.95. The summed E-state index contributed by atoms with van der Waals surface area (Å²) in [5, 5.41) is 3.44. The highest BCUT2D eigenvalue weighted by molar-refractivity contribution is 5.98. The van der Waals surface area contributed by atoms with Crippen LogP contribution in [0.5, 0.6) is 0 Å². The van der Waals surface area contributed by atoms with E-state index in [2.05, 4.69) is 15.3 Å². The average Bonchev–Trinajstić information content (AvgIpc) is 2.83. The van der Waals surface area contributed by atoms with Crippen molar-refractivity contribution in [3.8, 4) is 11.1 Å². The third-order valence-electron chi connectivity index (χ3n) is 3.70. The van der Waals surface area contributed by atoms with Crippen molar-refractivity contribution in [2.24, 2.45) is 7.05 Å². The summed E-state index contributed by atoms with van der Waals surface area (Å²) in [4.78, 5) is 19.2. The molecule has 24 heavy (non-hydrogen) atoms. The van der Waals surface area contributed by atoms with Crippen LogP contribution in [0.4, 0.5) is 14.6 Å². The third-order valence-corrected chi connectivity index (χ3v) is 3.70. The fourth-order valence-corrected chi connectivity index (χ4v) is 2.59. The number of carbonyl (C=O) groups excluding carboxylic acids is 1. The Morgan fingerprint density at radius 2 is 2.04 bits per heavy atom. The van der Waals surface area contributed by atoms with Crippen LogP contribution in [0.2, 0.25) is 0 Å². The summed E-state index contributed by atoms with van der Waals surface area (Å²) >= 11 is 0. The summed E-state index contributed by atoms with van der Waals surface area (Å²) in [7, 11) is 1.85. The van der Waals surface area contributed by atoms with Crippen LogP contribution in [0.25, 0.3) is 22.0 Å². The van der Waals surface area contributed by atoms with Crippen molar-refractivity contribution < 1.29 is 13.6 Å². The Bertz CT molecular complexity index is 928. The smallest absolute Gasteiger partial charge is 0.286 e. The highest BCUT2D eigenvalue weighted by atomic mass is 19.3. The van der Waals surface area contributed by atoms with Gasteiger partial charge in [-0.05, 0) is 23.8 Å².